The zero-order valence-electron chi connectivity index (χ0n) is 14.2. The summed E-state index contributed by atoms with van der Waals surface area (Å²) >= 11 is 6.12. The van der Waals surface area contributed by atoms with Gasteiger partial charge in [-0.25, -0.2) is 0 Å². The third-order valence-corrected chi connectivity index (χ3v) is 4.14. The van der Waals surface area contributed by atoms with Gasteiger partial charge in [0.2, 0.25) is 11.3 Å². The van der Waals surface area contributed by atoms with Crippen molar-refractivity contribution in [3.63, 3.8) is 0 Å². The molecule has 1 amide bonds. The molecule has 0 radical (unpaired) electrons. The second kappa shape index (κ2) is 8.01. The number of aryl methyl sites for hydroxylation is 1. The number of ether oxygens (including phenoxy) is 1. The Balaban J connectivity index is 1.74. The number of carbonyl (C=O) groups excluding carboxylic acids is 1. The fourth-order valence-corrected chi connectivity index (χ4v) is 2.89. The van der Waals surface area contributed by atoms with Crippen molar-refractivity contribution < 1.29 is 9.53 Å². The molecule has 3 aromatic rings. The lowest BCUT2D eigenvalue weighted by molar-refractivity contribution is -0.116. The van der Waals surface area contributed by atoms with Crippen LogP contribution >= 0.6 is 11.6 Å². The maximum absolute atomic E-state index is 12.3. The van der Waals surface area contributed by atoms with Crippen LogP contribution in [0.2, 0.25) is 5.02 Å². The van der Waals surface area contributed by atoms with E-state index in [1.807, 2.05) is 19.1 Å². The molecule has 0 fully saturated rings. The predicted molar refractivity (Wildman–Crippen MR) is 102 cm³/mol. The van der Waals surface area contributed by atoms with Crippen molar-refractivity contribution in [2.24, 2.45) is 0 Å². The molecule has 0 saturated carbocycles. The number of nitrogens with zero attached hydrogens (tertiary/aromatic N) is 2. The van der Waals surface area contributed by atoms with Gasteiger partial charge in [-0.05, 0) is 31.2 Å². The summed E-state index contributed by atoms with van der Waals surface area (Å²) in [6, 6.07) is 12.4. The number of para-hydroxylation sites is 2. The third kappa shape index (κ3) is 3.86. The predicted octanol–water partition coefficient (Wildman–Crippen LogP) is 3.48. The summed E-state index contributed by atoms with van der Waals surface area (Å²) in [5, 5.41) is 7.96. The molecular weight excluding hydrogens is 354 g/mol. The number of nitrogens with one attached hydrogen (secondary N) is 1. The van der Waals surface area contributed by atoms with Gasteiger partial charge in [0.1, 0.15) is 0 Å². The maximum Gasteiger partial charge on any atom is 0.226 e. The smallest absolute Gasteiger partial charge is 0.226 e. The molecule has 26 heavy (non-hydrogen) atoms. The highest BCUT2D eigenvalue weighted by Crippen LogP contribution is 2.32. The average molecular weight is 372 g/mol. The highest BCUT2D eigenvalue weighted by molar-refractivity contribution is 6.32. The van der Waals surface area contributed by atoms with Gasteiger partial charge in [-0.15, -0.1) is 0 Å². The number of benzene rings is 2. The Morgan fingerprint density at radius 2 is 2.04 bits per heavy atom. The lowest BCUT2D eigenvalue weighted by atomic mass is 10.2. The Bertz CT molecular complexity index is 1000. The Morgan fingerprint density at radius 1 is 1.23 bits per heavy atom. The van der Waals surface area contributed by atoms with E-state index in [0.717, 1.165) is 0 Å². The molecule has 0 atom stereocenters. The number of hydrogen-bond acceptors (Lipinski definition) is 4. The van der Waals surface area contributed by atoms with Crippen LogP contribution in [0.5, 0.6) is 5.75 Å². The Kier molecular flexibility index (Phi) is 5.53. The van der Waals surface area contributed by atoms with Crippen LogP contribution in [-0.2, 0) is 11.3 Å². The van der Waals surface area contributed by atoms with Crippen LogP contribution in [0.3, 0.4) is 0 Å². The molecule has 0 aliphatic carbocycles. The standard InChI is InChI=1S/C19H18ClN3O3/c1-2-26-19-14(20)7-5-8-15(19)22-18(25)10-11-23-16-9-4-3-6-13(16)17(24)12-21-23/h3-9,12H,2,10-11H2,1H3,(H,22,25). The number of fused-ring (bicyclic) bond motifs is 1. The van der Waals surface area contributed by atoms with Gasteiger partial charge in [-0.3, -0.25) is 14.3 Å². The molecule has 1 aromatic heterocycles. The monoisotopic (exact) mass is 371 g/mol. The zero-order chi connectivity index (χ0) is 18.5. The number of aromatic nitrogens is 2. The van der Waals surface area contributed by atoms with Crippen LogP contribution < -0.4 is 15.5 Å². The highest BCUT2D eigenvalue weighted by atomic mass is 35.5. The van der Waals surface area contributed by atoms with Gasteiger partial charge in [0.25, 0.3) is 0 Å². The van der Waals surface area contributed by atoms with Crippen molar-refractivity contribution in [2.45, 2.75) is 19.9 Å². The zero-order valence-corrected chi connectivity index (χ0v) is 15.0. The summed E-state index contributed by atoms with van der Waals surface area (Å²) in [5.41, 5.74) is 1.09. The van der Waals surface area contributed by atoms with Crippen LogP contribution in [0.1, 0.15) is 13.3 Å². The molecule has 0 spiro atoms. The van der Waals surface area contributed by atoms with Gasteiger partial charge in [0, 0.05) is 11.8 Å². The Labute approximate surface area is 155 Å². The van der Waals surface area contributed by atoms with Gasteiger partial charge >= 0.3 is 0 Å². The molecule has 0 bridgehead atoms. The van der Waals surface area contributed by atoms with E-state index in [-0.39, 0.29) is 17.8 Å². The van der Waals surface area contributed by atoms with Gasteiger partial charge in [-0.2, -0.15) is 5.10 Å². The van der Waals surface area contributed by atoms with Gasteiger partial charge in [0.15, 0.2) is 5.75 Å². The molecule has 1 heterocycles. The van der Waals surface area contributed by atoms with E-state index in [0.29, 0.717) is 40.5 Å². The minimum Gasteiger partial charge on any atom is -0.490 e. The van der Waals surface area contributed by atoms with Crippen molar-refractivity contribution >= 4 is 34.1 Å². The molecule has 0 aliphatic heterocycles. The molecule has 134 valence electrons. The number of hydrogen-bond donors (Lipinski definition) is 1. The highest BCUT2D eigenvalue weighted by Gasteiger charge is 2.12. The van der Waals surface area contributed by atoms with Gasteiger partial charge < -0.3 is 10.1 Å². The van der Waals surface area contributed by atoms with E-state index in [1.165, 1.54) is 6.20 Å². The molecule has 0 aliphatic rings. The summed E-state index contributed by atoms with van der Waals surface area (Å²) in [4.78, 5) is 24.2. The molecule has 0 saturated heterocycles. The van der Waals surface area contributed by atoms with E-state index in [4.69, 9.17) is 16.3 Å². The minimum atomic E-state index is -0.196. The molecule has 0 unspecified atom stereocenters. The number of carbonyl (C=O) groups is 1. The Morgan fingerprint density at radius 3 is 2.85 bits per heavy atom. The fourth-order valence-electron chi connectivity index (χ4n) is 2.66. The average Bonchev–Trinajstić information content (AvgIpc) is 2.64. The Hall–Kier alpha value is -2.86. The summed E-state index contributed by atoms with van der Waals surface area (Å²) in [7, 11) is 0. The van der Waals surface area contributed by atoms with Crippen molar-refractivity contribution in [1.29, 1.82) is 0 Å². The fraction of sp³-hybridized carbons (Fsp3) is 0.211. The lowest BCUT2D eigenvalue weighted by Gasteiger charge is -2.13. The summed E-state index contributed by atoms with van der Waals surface area (Å²) in [6.45, 7) is 2.64. The normalized spacial score (nSPS) is 10.7. The number of anilines is 1. The molecule has 7 heteroatoms. The van der Waals surface area contributed by atoms with Crippen molar-refractivity contribution in [3.05, 3.63) is 63.9 Å². The number of halogens is 1. The molecule has 6 nitrogen and oxygen atoms in total. The first-order valence-electron chi connectivity index (χ1n) is 8.26. The molecular formula is C19H18ClN3O3. The van der Waals surface area contributed by atoms with Crippen LogP contribution in [0.4, 0.5) is 5.69 Å². The first-order chi connectivity index (χ1) is 12.6. The van der Waals surface area contributed by atoms with E-state index in [2.05, 4.69) is 10.4 Å². The molecule has 1 N–H and O–H groups in total. The second-order valence-corrected chi connectivity index (χ2v) is 6.00. The first-order valence-corrected chi connectivity index (χ1v) is 8.64. The number of amides is 1. The van der Waals surface area contributed by atoms with Crippen molar-refractivity contribution in [3.8, 4) is 5.75 Å². The van der Waals surface area contributed by atoms with Crippen molar-refractivity contribution in [2.75, 3.05) is 11.9 Å². The van der Waals surface area contributed by atoms with Crippen LogP contribution in [-0.4, -0.2) is 22.3 Å². The minimum absolute atomic E-state index is 0.137. The second-order valence-electron chi connectivity index (χ2n) is 5.60. The summed E-state index contributed by atoms with van der Waals surface area (Å²) < 4.78 is 7.15. The largest absolute Gasteiger partial charge is 0.490 e. The van der Waals surface area contributed by atoms with E-state index in [1.54, 1.807) is 35.0 Å². The first kappa shape index (κ1) is 17.9. The quantitative estimate of drug-likeness (QED) is 0.720. The molecule has 2 aromatic carbocycles. The van der Waals surface area contributed by atoms with Gasteiger partial charge in [0.05, 0.1) is 35.6 Å². The van der Waals surface area contributed by atoms with E-state index < -0.39 is 0 Å². The topological polar surface area (TPSA) is 73.2 Å². The summed E-state index contributed by atoms with van der Waals surface area (Å²) in [5.74, 6) is 0.259. The van der Waals surface area contributed by atoms with E-state index in [9.17, 15) is 9.59 Å². The third-order valence-electron chi connectivity index (χ3n) is 3.84. The lowest BCUT2D eigenvalue weighted by Crippen LogP contribution is -2.18. The van der Waals surface area contributed by atoms with Crippen LogP contribution in [0.25, 0.3) is 10.9 Å². The SMILES string of the molecule is CCOc1c(Cl)cccc1NC(=O)CCn1ncc(=O)c2ccccc21. The maximum atomic E-state index is 12.3. The van der Waals surface area contributed by atoms with Crippen molar-refractivity contribution in [1.82, 2.24) is 9.78 Å². The summed E-state index contributed by atoms with van der Waals surface area (Å²) in [6.07, 6.45) is 1.46. The molecule has 3 rings (SSSR count). The van der Waals surface area contributed by atoms with Crippen LogP contribution in [0.15, 0.2) is 53.5 Å². The number of rotatable bonds is 6. The van der Waals surface area contributed by atoms with Crippen LogP contribution in [0, 0.1) is 0 Å². The van der Waals surface area contributed by atoms with Gasteiger partial charge in [-0.1, -0.05) is 29.8 Å². The van der Waals surface area contributed by atoms with E-state index >= 15 is 0 Å².